The molecular formula is C29H32N4O3. The van der Waals surface area contributed by atoms with E-state index >= 15 is 0 Å². The average Bonchev–Trinajstić information content (AvgIpc) is 2.91. The lowest BCUT2D eigenvalue weighted by Crippen LogP contribution is -2.37. The molecule has 0 radical (unpaired) electrons. The summed E-state index contributed by atoms with van der Waals surface area (Å²) in [6, 6.07) is 23.7. The minimum absolute atomic E-state index is 0.0545. The van der Waals surface area contributed by atoms with Gasteiger partial charge in [-0.15, -0.1) is 0 Å². The summed E-state index contributed by atoms with van der Waals surface area (Å²) < 4.78 is 0. The fourth-order valence-corrected chi connectivity index (χ4v) is 4.13. The number of hydrogen-bond donors (Lipinski definition) is 3. The highest BCUT2D eigenvalue weighted by atomic mass is 16.2. The number of carbonyl (C=O) groups is 3. The number of rotatable bonds is 8. The summed E-state index contributed by atoms with van der Waals surface area (Å²) in [6.07, 6.45) is 2.09. The van der Waals surface area contributed by atoms with Gasteiger partial charge >= 0.3 is 0 Å². The summed E-state index contributed by atoms with van der Waals surface area (Å²) in [5.41, 5.74) is 3.44. The maximum atomic E-state index is 12.7. The lowest BCUT2D eigenvalue weighted by atomic mass is 9.98. The number of anilines is 2. The van der Waals surface area contributed by atoms with Crippen molar-refractivity contribution in [3.05, 3.63) is 95.6 Å². The first-order chi connectivity index (χ1) is 17.5. The Morgan fingerprint density at radius 1 is 0.833 bits per heavy atom. The van der Waals surface area contributed by atoms with Crippen LogP contribution in [-0.2, 0) is 11.3 Å². The third-order valence-corrected chi connectivity index (χ3v) is 6.36. The summed E-state index contributed by atoms with van der Waals surface area (Å²) in [5, 5.41) is 8.78. The highest BCUT2D eigenvalue weighted by Gasteiger charge is 2.21. The standard InChI is InChI=1S/C29H32N4O3/c1-21-14-16-33(17-15-21)29(36)23-10-12-25(13-11-23)30-20-27(34)32-26-9-5-8-24(18-26)28(35)31-19-22-6-3-2-4-7-22/h2-13,18,21,30H,14-17,19-20H2,1H3,(H,31,35)(H,32,34). The predicted molar refractivity (Wildman–Crippen MR) is 142 cm³/mol. The van der Waals surface area contributed by atoms with Crippen LogP contribution in [0.4, 0.5) is 11.4 Å². The van der Waals surface area contributed by atoms with E-state index in [0.717, 1.165) is 37.2 Å². The second kappa shape index (κ2) is 12.0. The smallest absolute Gasteiger partial charge is 0.253 e. The molecule has 0 saturated carbocycles. The molecule has 36 heavy (non-hydrogen) atoms. The van der Waals surface area contributed by atoms with Crippen LogP contribution in [0.3, 0.4) is 0 Å². The summed E-state index contributed by atoms with van der Waals surface area (Å²) in [4.78, 5) is 39.5. The first kappa shape index (κ1) is 25.0. The number of benzene rings is 3. The van der Waals surface area contributed by atoms with E-state index in [4.69, 9.17) is 0 Å². The van der Waals surface area contributed by atoms with Crippen LogP contribution < -0.4 is 16.0 Å². The number of hydrogen-bond acceptors (Lipinski definition) is 4. The van der Waals surface area contributed by atoms with Gasteiger partial charge in [-0.3, -0.25) is 14.4 Å². The molecule has 7 nitrogen and oxygen atoms in total. The monoisotopic (exact) mass is 484 g/mol. The Bertz CT molecular complexity index is 1190. The average molecular weight is 485 g/mol. The van der Waals surface area contributed by atoms with Gasteiger partial charge in [0, 0.05) is 42.1 Å². The molecule has 1 aliphatic heterocycles. The molecule has 3 aromatic carbocycles. The van der Waals surface area contributed by atoms with Crippen LogP contribution in [0.25, 0.3) is 0 Å². The lowest BCUT2D eigenvalue weighted by Gasteiger charge is -2.30. The summed E-state index contributed by atoms with van der Waals surface area (Å²) in [6.45, 7) is 4.31. The summed E-state index contributed by atoms with van der Waals surface area (Å²) in [5.74, 6) is 0.283. The van der Waals surface area contributed by atoms with Gasteiger partial charge in [-0.1, -0.05) is 43.3 Å². The first-order valence-electron chi connectivity index (χ1n) is 12.3. The van der Waals surface area contributed by atoms with E-state index in [-0.39, 0.29) is 24.3 Å². The molecule has 3 amide bonds. The molecule has 0 bridgehead atoms. The molecule has 186 valence electrons. The van der Waals surface area contributed by atoms with Crippen molar-refractivity contribution in [3.8, 4) is 0 Å². The summed E-state index contributed by atoms with van der Waals surface area (Å²) >= 11 is 0. The van der Waals surface area contributed by atoms with Crippen molar-refractivity contribution >= 4 is 29.1 Å². The van der Waals surface area contributed by atoms with E-state index in [1.54, 1.807) is 36.4 Å². The molecule has 7 heteroatoms. The van der Waals surface area contributed by atoms with Crippen LogP contribution in [-0.4, -0.2) is 42.3 Å². The maximum absolute atomic E-state index is 12.7. The SMILES string of the molecule is CC1CCN(C(=O)c2ccc(NCC(=O)Nc3cccc(C(=O)NCc4ccccc4)c3)cc2)CC1. The van der Waals surface area contributed by atoms with E-state index in [2.05, 4.69) is 22.9 Å². The summed E-state index contributed by atoms with van der Waals surface area (Å²) in [7, 11) is 0. The van der Waals surface area contributed by atoms with Gasteiger partial charge in [0.05, 0.1) is 6.54 Å². The molecule has 0 atom stereocenters. The minimum Gasteiger partial charge on any atom is -0.376 e. The van der Waals surface area contributed by atoms with Crippen molar-refractivity contribution in [2.45, 2.75) is 26.3 Å². The van der Waals surface area contributed by atoms with Crippen LogP contribution in [0.1, 0.15) is 46.0 Å². The van der Waals surface area contributed by atoms with Gasteiger partial charge in [0.1, 0.15) is 0 Å². The molecule has 3 aromatic rings. The molecule has 1 fully saturated rings. The predicted octanol–water partition coefficient (Wildman–Crippen LogP) is 4.54. The topological polar surface area (TPSA) is 90.5 Å². The quantitative estimate of drug-likeness (QED) is 0.438. The molecule has 0 aromatic heterocycles. The van der Waals surface area contributed by atoms with Gasteiger partial charge in [0.15, 0.2) is 0 Å². The highest BCUT2D eigenvalue weighted by Crippen LogP contribution is 2.19. The van der Waals surface area contributed by atoms with Gasteiger partial charge in [-0.05, 0) is 66.8 Å². The number of likely N-dealkylation sites (tertiary alicyclic amines) is 1. The highest BCUT2D eigenvalue weighted by molar-refractivity contribution is 5.98. The van der Waals surface area contributed by atoms with Gasteiger partial charge in [-0.2, -0.15) is 0 Å². The van der Waals surface area contributed by atoms with Crippen molar-refractivity contribution < 1.29 is 14.4 Å². The molecular weight excluding hydrogens is 452 g/mol. The number of nitrogens with zero attached hydrogens (tertiary/aromatic N) is 1. The van der Waals surface area contributed by atoms with E-state index in [9.17, 15) is 14.4 Å². The Morgan fingerprint density at radius 3 is 2.28 bits per heavy atom. The Kier molecular flexibility index (Phi) is 8.34. The van der Waals surface area contributed by atoms with Gasteiger partial charge in [-0.25, -0.2) is 0 Å². The van der Waals surface area contributed by atoms with Crippen molar-refractivity contribution in [2.24, 2.45) is 5.92 Å². The maximum Gasteiger partial charge on any atom is 0.253 e. The second-order valence-electron chi connectivity index (χ2n) is 9.20. The molecule has 0 spiro atoms. The number of piperidine rings is 1. The Balaban J connectivity index is 1.25. The van der Waals surface area contributed by atoms with Gasteiger partial charge in [0.25, 0.3) is 11.8 Å². The fourth-order valence-electron chi connectivity index (χ4n) is 4.13. The molecule has 1 heterocycles. The Hall–Kier alpha value is -4.13. The van der Waals surface area contributed by atoms with Crippen molar-refractivity contribution in [3.63, 3.8) is 0 Å². The van der Waals surface area contributed by atoms with E-state index in [0.29, 0.717) is 29.3 Å². The molecule has 0 aliphatic carbocycles. The lowest BCUT2D eigenvalue weighted by molar-refractivity contribution is -0.114. The molecule has 1 saturated heterocycles. The number of nitrogens with one attached hydrogen (secondary N) is 3. The van der Waals surface area contributed by atoms with Crippen LogP contribution in [0.2, 0.25) is 0 Å². The van der Waals surface area contributed by atoms with Crippen LogP contribution in [0.5, 0.6) is 0 Å². The van der Waals surface area contributed by atoms with E-state index < -0.39 is 0 Å². The van der Waals surface area contributed by atoms with Crippen molar-refractivity contribution in [2.75, 3.05) is 30.3 Å². The fraction of sp³-hybridized carbons (Fsp3) is 0.276. The third kappa shape index (κ3) is 6.95. The Morgan fingerprint density at radius 2 is 1.56 bits per heavy atom. The second-order valence-corrected chi connectivity index (χ2v) is 9.20. The van der Waals surface area contributed by atoms with Crippen LogP contribution in [0, 0.1) is 5.92 Å². The molecule has 1 aliphatic rings. The largest absolute Gasteiger partial charge is 0.376 e. The third-order valence-electron chi connectivity index (χ3n) is 6.36. The number of carbonyl (C=O) groups excluding carboxylic acids is 3. The zero-order valence-corrected chi connectivity index (χ0v) is 20.5. The molecule has 3 N–H and O–H groups in total. The first-order valence-corrected chi connectivity index (χ1v) is 12.3. The molecule has 4 rings (SSSR count). The van der Waals surface area contributed by atoms with E-state index in [1.165, 1.54) is 0 Å². The van der Waals surface area contributed by atoms with Crippen molar-refractivity contribution in [1.29, 1.82) is 0 Å². The normalized spacial score (nSPS) is 13.6. The zero-order chi connectivity index (χ0) is 25.3. The Labute approximate surface area is 211 Å². The zero-order valence-electron chi connectivity index (χ0n) is 20.5. The van der Waals surface area contributed by atoms with Crippen LogP contribution >= 0.6 is 0 Å². The van der Waals surface area contributed by atoms with Gasteiger partial charge < -0.3 is 20.9 Å². The van der Waals surface area contributed by atoms with Crippen LogP contribution in [0.15, 0.2) is 78.9 Å². The molecule has 0 unspecified atom stereocenters. The van der Waals surface area contributed by atoms with Gasteiger partial charge in [0.2, 0.25) is 5.91 Å². The minimum atomic E-state index is -0.237. The van der Waals surface area contributed by atoms with E-state index in [1.807, 2.05) is 47.4 Å². The van der Waals surface area contributed by atoms with Crippen molar-refractivity contribution in [1.82, 2.24) is 10.2 Å². The number of amides is 3.